The number of aldehydes is 1. The first-order chi connectivity index (χ1) is 5.72. The third-order valence-corrected chi connectivity index (χ3v) is 1.46. The Labute approximate surface area is 72.0 Å². The number of carbonyl (C=O) groups excluding carboxylic acids is 1. The largest absolute Gasteiger partial charge is 0.304 e. The van der Waals surface area contributed by atoms with Gasteiger partial charge in [0.15, 0.2) is 6.29 Å². The van der Waals surface area contributed by atoms with E-state index in [4.69, 9.17) is 0 Å². The Kier molecular flexibility index (Phi) is 2.94. The summed E-state index contributed by atoms with van der Waals surface area (Å²) in [6.45, 7) is 0.805. The van der Waals surface area contributed by atoms with Gasteiger partial charge in [0.25, 0.3) is 0 Å². The van der Waals surface area contributed by atoms with Crippen LogP contribution in [0.15, 0.2) is 18.3 Å². The molecule has 3 heteroatoms. The van der Waals surface area contributed by atoms with E-state index in [9.17, 15) is 4.79 Å². The van der Waals surface area contributed by atoms with Gasteiger partial charge in [-0.15, -0.1) is 0 Å². The molecule has 3 nitrogen and oxygen atoms in total. The molecule has 0 spiro atoms. The molecule has 0 N–H and O–H groups in total. The summed E-state index contributed by atoms with van der Waals surface area (Å²) in [5, 5.41) is 0. The van der Waals surface area contributed by atoms with Crippen molar-refractivity contribution >= 4 is 6.29 Å². The molecule has 0 amide bonds. The topological polar surface area (TPSA) is 33.2 Å². The molecule has 0 atom stereocenters. The molecule has 0 saturated carbocycles. The van der Waals surface area contributed by atoms with Gasteiger partial charge in [-0.3, -0.25) is 9.78 Å². The highest BCUT2D eigenvalue weighted by Crippen LogP contribution is 1.99. The van der Waals surface area contributed by atoms with E-state index >= 15 is 0 Å². The maximum Gasteiger partial charge on any atom is 0.151 e. The fraction of sp³-hybridized carbons (Fsp3) is 0.333. The summed E-state index contributed by atoms with van der Waals surface area (Å²) in [5.41, 5.74) is 1.60. The van der Waals surface area contributed by atoms with Crippen LogP contribution in [0.25, 0.3) is 0 Å². The van der Waals surface area contributed by atoms with Gasteiger partial charge in [-0.05, 0) is 26.2 Å². The van der Waals surface area contributed by atoms with Crippen LogP contribution >= 0.6 is 0 Å². The number of carbonyl (C=O) groups is 1. The minimum atomic E-state index is 0.623. The van der Waals surface area contributed by atoms with Crippen LogP contribution in [0.1, 0.15) is 16.1 Å². The van der Waals surface area contributed by atoms with Gasteiger partial charge in [0.1, 0.15) is 0 Å². The summed E-state index contributed by atoms with van der Waals surface area (Å²) in [6.07, 6.45) is 2.39. The number of nitrogens with zero attached hydrogens (tertiary/aromatic N) is 2. The number of pyridine rings is 1. The summed E-state index contributed by atoms with van der Waals surface area (Å²) < 4.78 is 0. The van der Waals surface area contributed by atoms with Gasteiger partial charge in [-0.2, -0.15) is 0 Å². The second kappa shape index (κ2) is 3.97. The quantitative estimate of drug-likeness (QED) is 0.624. The van der Waals surface area contributed by atoms with Crippen LogP contribution < -0.4 is 0 Å². The van der Waals surface area contributed by atoms with Crippen LogP contribution in [0, 0.1) is 0 Å². The summed E-state index contributed by atoms with van der Waals surface area (Å²) in [5.74, 6) is 0. The van der Waals surface area contributed by atoms with Gasteiger partial charge in [0.2, 0.25) is 0 Å². The molecule has 0 bridgehead atoms. The van der Waals surface area contributed by atoms with Gasteiger partial charge < -0.3 is 4.90 Å². The fourth-order valence-corrected chi connectivity index (χ4v) is 0.923. The summed E-state index contributed by atoms with van der Waals surface area (Å²) in [4.78, 5) is 16.4. The Morgan fingerprint density at radius 2 is 2.25 bits per heavy atom. The molecule has 12 heavy (non-hydrogen) atoms. The predicted molar refractivity (Wildman–Crippen MR) is 47.0 cm³/mol. The summed E-state index contributed by atoms with van der Waals surface area (Å²) >= 11 is 0. The molecular formula is C9H12N2O. The van der Waals surface area contributed by atoms with E-state index in [1.54, 1.807) is 12.3 Å². The molecule has 0 unspecified atom stereocenters. The van der Waals surface area contributed by atoms with E-state index in [0.717, 1.165) is 18.5 Å². The highest BCUT2D eigenvalue weighted by molar-refractivity contribution is 5.73. The van der Waals surface area contributed by atoms with E-state index in [0.29, 0.717) is 5.56 Å². The lowest BCUT2D eigenvalue weighted by Gasteiger charge is -2.07. The zero-order valence-electron chi connectivity index (χ0n) is 7.32. The maximum absolute atomic E-state index is 10.3. The molecule has 1 aromatic heterocycles. The number of hydrogen-bond donors (Lipinski definition) is 0. The van der Waals surface area contributed by atoms with Crippen molar-refractivity contribution in [1.82, 2.24) is 9.88 Å². The van der Waals surface area contributed by atoms with Gasteiger partial charge in [-0.25, -0.2) is 0 Å². The number of hydrogen-bond acceptors (Lipinski definition) is 3. The molecule has 0 fully saturated rings. The van der Waals surface area contributed by atoms with Crippen molar-refractivity contribution in [3.05, 3.63) is 29.6 Å². The third-order valence-electron chi connectivity index (χ3n) is 1.46. The minimum absolute atomic E-state index is 0.623. The molecule has 1 aromatic rings. The fourth-order valence-electron chi connectivity index (χ4n) is 0.923. The highest BCUT2D eigenvalue weighted by Gasteiger charge is 1.96. The second-order valence-corrected chi connectivity index (χ2v) is 2.94. The van der Waals surface area contributed by atoms with Crippen LogP contribution in [-0.2, 0) is 6.54 Å². The first-order valence-electron chi connectivity index (χ1n) is 3.77. The Balaban J connectivity index is 2.71. The van der Waals surface area contributed by atoms with Crippen LogP contribution in [0.5, 0.6) is 0 Å². The average molecular weight is 164 g/mol. The molecule has 0 radical (unpaired) electrons. The van der Waals surface area contributed by atoms with Crippen molar-refractivity contribution in [2.24, 2.45) is 0 Å². The molecule has 0 aliphatic carbocycles. The lowest BCUT2D eigenvalue weighted by Crippen LogP contribution is -2.11. The lowest BCUT2D eigenvalue weighted by atomic mass is 10.2. The molecule has 1 heterocycles. The zero-order valence-corrected chi connectivity index (χ0v) is 7.32. The summed E-state index contributed by atoms with van der Waals surface area (Å²) in [7, 11) is 3.96. The van der Waals surface area contributed by atoms with Crippen LogP contribution in [0.4, 0.5) is 0 Å². The van der Waals surface area contributed by atoms with Gasteiger partial charge in [-0.1, -0.05) is 0 Å². The zero-order chi connectivity index (χ0) is 8.97. The Bertz CT molecular complexity index is 254. The molecule has 64 valence electrons. The molecule has 0 aliphatic heterocycles. The van der Waals surface area contributed by atoms with E-state index in [1.807, 2.05) is 25.1 Å². The van der Waals surface area contributed by atoms with Crippen molar-refractivity contribution in [1.29, 1.82) is 0 Å². The van der Waals surface area contributed by atoms with Crippen molar-refractivity contribution in [2.45, 2.75) is 6.54 Å². The normalized spacial score (nSPS) is 10.2. The van der Waals surface area contributed by atoms with E-state index in [1.165, 1.54) is 0 Å². The van der Waals surface area contributed by atoms with Crippen LogP contribution in [-0.4, -0.2) is 30.3 Å². The third kappa shape index (κ3) is 2.43. The first-order valence-corrected chi connectivity index (χ1v) is 3.77. The number of aromatic nitrogens is 1. The van der Waals surface area contributed by atoms with Gasteiger partial charge >= 0.3 is 0 Å². The number of rotatable bonds is 3. The molecule has 1 rings (SSSR count). The highest BCUT2D eigenvalue weighted by atomic mass is 16.1. The lowest BCUT2D eigenvalue weighted by molar-refractivity contribution is 0.112. The molecule has 0 saturated heterocycles. The monoisotopic (exact) mass is 164 g/mol. The molecule has 0 aromatic carbocycles. The van der Waals surface area contributed by atoms with Crippen LogP contribution in [0.2, 0.25) is 0 Å². The second-order valence-electron chi connectivity index (χ2n) is 2.94. The van der Waals surface area contributed by atoms with Crippen molar-refractivity contribution < 1.29 is 4.79 Å². The summed E-state index contributed by atoms with van der Waals surface area (Å²) in [6, 6.07) is 3.64. The smallest absolute Gasteiger partial charge is 0.151 e. The Morgan fingerprint density at radius 3 is 2.67 bits per heavy atom. The van der Waals surface area contributed by atoms with Crippen molar-refractivity contribution in [3.63, 3.8) is 0 Å². The molecular weight excluding hydrogens is 152 g/mol. The van der Waals surface area contributed by atoms with Crippen LogP contribution in [0.3, 0.4) is 0 Å². The van der Waals surface area contributed by atoms with Crippen molar-refractivity contribution in [3.8, 4) is 0 Å². The van der Waals surface area contributed by atoms with Crippen molar-refractivity contribution in [2.75, 3.05) is 14.1 Å². The van der Waals surface area contributed by atoms with E-state index in [-0.39, 0.29) is 0 Å². The SMILES string of the molecule is CN(C)Cc1ccc(C=O)cn1. The van der Waals surface area contributed by atoms with E-state index < -0.39 is 0 Å². The van der Waals surface area contributed by atoms with E-state index in [2.05, 4.69) is 4.98 Å². The maximum atomic E-state index is 10.3. The molecule has 0 aliphatic rings. The first kappa shape index (κ1) is 8.87. The predicted octanol–water partition coefficient (Wildman–Crippen LogP) is 0.956. The Morgan fingerprint density at radius 1 is 1.50 bits per heavy atom. The minimum Gasteiger partial charge on any atom is -0.304 e. The van der Waals surface area contributed by atoms with Gasteiger partial charge in [0, 0.05) is 18.3 Å². The average Bonchev–Trinajstić information content (AvgIpc) is 2.05. The Hall–Kier alpha value is -1.22. The standard InChI is InChI=1S/C9H12N2O/c1-11(2)6-9-4-3-8(7-12)5-10-9/h3-5,7H,6H2,1-2H3. The van der Waals surface area contributed by atoms with Gasteiger partial charge in [0.05, 0.1) is 5.69 Å².